The van der Waals surface area contributed by atoms with Gasteiger partial charge in [0.05, 0.1) is 29.8 Å². The molecular formula is C19H32N2O4S. The van der Waals surface area contributed by atoms with Gasteiger partial charge < -0.3 is 14.4 Å². The Balaban J connectivity index is 0.00000110. The minimum Gasteiger partial charge on any atom is -0.748 e. The van der Waals surface area contributed by atoms with Crippen LogP contribution < -0.4 is 5.32 Å². The van der Waals surface area contributed by atoms with Crippen LogP contribution in [0.2, 0.25) is 0 Å². The lowest BCUT2D eigenvalue weighted by molar-refractivity contribution is -0.937. The summed E-state index contributed by atoms with van der Waals surface area (Å²) in [5.74, 6) is -0.0378. The summed E-state index contributed by atoms with van der Waals surface area (Å²) in [4.78, 5) is 11.5. The van der Waals surface area contributed by atoms with E-state index in [1.807, 2.05) is 0 Å². The first-order chi connectivity index (χ1) is 12.0. The minimum atomic E-state index is -3.92. The van der Waals surface area contributed by atoms with Crippen molar-refractivity contribution in [2.24, 2.45) is 0 Å². The normalized spacial score (nSPS) is 11.3. The van der Waals surface area contributed by atoms with Crippen LogP contribution in [0.1, 0.15) is 32.8 Å². The van der Waals surface area contributed by atoms with Crippen LogP contribution in [-0.2, 0) is 21.5 Å². The molecule has 1 amide bonds. The average Bonchev–Trinajstić information content (AvgIpc) is 2.56. The van der Waals surface area contributed by atoms with E-state index >= 15 is 0 Å². The van der Waals surface area contributed by atoms with Gasteiger partial charge >= 0.3 is 0 Å². The average molecular weight is 385 g/mol. The standard InChI is InChI=1S/C18H28N2O.CH4O3S/c1-5-20(6-2,15-17-11-8-7-9-12-17)14-10-13-19-18(21)16(3)4;1-5(2,3)4/h7-9,11-12H,3,5-6,10,13-15H2,1-2,4H3;1H3,(H,2,3,4). The molecule has 148 valence electrons. The van der Waals surface area contributed by atoms with Gasteiger partial charge in [-0.15, -0.1) is 0 Å². The van der Waals surface area contributed by atoms with E-state index < -0.39 is 10.1 Å². The number of carbonyl (C=O) groups is 1. The number of hydrogen-bond donors (Lipinski definition) is 1. The molecule has 0 heterocycles. The lowest BCUT2D eigenvalue weighted by Gasteiger charge is -2.37. The molecule has 1 aromatic rings. The summed E-state index contributed by atoms with van der Waals surface area (Å²) in [6, 6.07) is 10.6. The van der Waals surface area contributed by atoms with E-state index in [4.69, 9.17) is 13.0 Å². The van der Waals surface area contributed by atoms with E-state index in [9.17, 15) is 4.79 Å². The summed E-state index contributed by atoms with van der Waals surface area (Å²) < 4.78 is 28.3. The second-order valence-corrected chi connectivity index (χ2v) is 7.84. The van der Waals surface area contributed by atoms with E-state index in [0.29, 0.717) is 11.8 Å². The Hall–Kier alpha value is -1.70. The van der Waals surface area contributed by atoms with Crippen molar-refractivity contribution in [1.82, 2.24) is 5.32 Å². The molecule has 0 radical (unpaired) electrons. The minimum absolute atomic E-state index is 0.0378. The Morgan fingerprint density at radius 2 is 1.69 bits per heavy atom. The van der Waals surface area contributed by atoms with Crippen LogP contribution in [-0.4, -0.2) is 55.8 Å². The summed E-state index contributed by atoms with van der Waals surface area (Å²) in [7, 11) is -3.92. The SMILES string of the molecule is C=C(C)C(=O)NCCC[N+](CC)(CC)Cc1ccccc1.CS(=O)(=O)[O-]. The van der Waals surface area contributed by atoms with Gasteiger partial charge in [0.15, 0.2) is 0 Å². The monoisotopic (exact) mass is 384 g/mol. The molecule has 26 heavy (non-hydrogen) atoms. The number of nitrogens with one attached hydrogen (secondary N) is 1. The molecular weight excluding hydrogens is 352 g/mol. The van der Waals surface area contributed by atoms with Crippen molar-refractivity contribution >= 4 is 16.0 Å². The predicted molar refractivity (Wildman–Crippen MR) is 104 cm³/mol. The highest BCUT2D eigenvalue weighted by molar-refractivity contribution is 7.84. The molecule has 0 aliphatic carbocycles. The Morgan fingerprint density at radius 3 is 2.12 bits per heavy atom. The maximum atomic E-state index is 11.5. The molecule has 0 unspecified atom stereocenters. The van der Waals surface area contributed by atoms with Gasteiger partial charge in [-0.1, -0.05) is 36.9 Å². The van der Waals surface area contributed by atoms with Gasteiger partial charge in [-0.3, -0.25) is 4.79 Å². The van der Waals surface area contributed by atoms with Gasteiger partial charge in [0.1, 0.15) is 6.54 Å². The first kappa shape index (κ1) is 24.3. The summed E-state index contributed by atoms with van der Waals surface area (Å²) in [6.07, 6.45) is 1.60. The van der Waals surface area contributed by atoms with E-state index in [1.165, 1.54) is 5.56 Å². The van der Waals surface area contributed by atoms with Gasteiger partial charge in [0.2, 0.25) is 5.91 Å². The Labute approximate surface area is 158 Å². The lowest BCUT2D eigenvalue weighted by atomic mass is 10.1. The highest BCUT2D eigenvalue weighted by Crippen LogP contribution is 2.15. The molecule has 0 fully saturated rings. The molecule has 7 heteroatoms. The molecule has 0 spiro atoms. The lowest BCUT2D eigenvalue weighted by Crippen LogP contribution is -2.48. The number of amides is 1. The molecule has 1 aromatic carbocycles. The summed E-state index contributed by atoms with van der Waals surface area (Å²) in [5.41, 5.74) is 1.96. The smallest absolute Gasteiger partial charge is 0.246 e. The van der Waals surface area contributed by atoms with Crippen LogP contribution in [0.25, 0.3) is 0 Å². The largest absolute Gasteiger partial charge is 0.748 e. The molecule has 0 aliphatic rings. The van der Waals surface area contributed by atoms with Crippen molar-refractivity contribution < 1.29 is 22.2 Å². The van der Waals surface area contributed by atoms with E-state index in [1.54, 1.807) is 6.92 Å². The summed E-state index contributed by atoms with van der Waals surface area (Å²) in [5, 5.41) is 2.92. The van der Waals surface area contributed by atoms with E-state index in [0.717, 1.165) is 43.6 Å². The van der Waals surface area contributed by atoms with Gasteiger partial charge in [-0.05, 0) is 20.8 Å². The zero-order chi connectivity index (χ0) is 20.2. The van der Waals surface area contributed by atoms with Crippen LogP contribution in [0.5, 0.6) is 0 Å². The quantitative estimate of drug-likeness (QED) is 0.306. The third kappa shape index (κ3) is 11.8. The zero-order valence-electron chi connectivity index (χ0n) is 16.3. The van der Waals surface area contributed by atoms with Gasteiger partial charge in [-0.25, -0.2) is 8.42 Å². The predicted octanol–water partition coefficient (Wildman–Crippen LogP) is 2.29. The number of rotatable bonds is 9. The first-order valence-electron chi connectivity index (χ1n) is 8.76. The molecule has 0 saturated carbocycles. The van der Waals surface area contributed by atoms with Crippen LogP contribution in [0.4, 0.5) is 0 Å². The second-order valence-electron chi connectivity index (χ2n) is 6.44. The second kappa shape index (κ2) is 11.8. The number of nitrogens with zero attached hydrogens (tertiary/aromatic N) is 1. The van der Waals surface area contributed by atoms with Crippen LogP contribution in [0, 0.1) is 0 Å². The molecule has 1 rings (SSSR count). The Bertz CT molecular complexity index is 645. The van der Waals surface area contributed by atoms with Gasteiger partial charge in [0, 0.05) is 30.4 Å². The highest BCUT2D eigenvalue weighted by Gasteiger charge is 2.23. The molecule has 0 aromatic heterocycles. The number of quaternary nitrogens is 1. The molecule has 0 bridgehead atoms. The summed E-state index contributed by atoms with van der Waals surface area (Å²) >= 11 is 0. The van der Waals surface area contributed by atoms with E-state index in [-0.39, 0.29) is 5.91 Å². The van der Waals surface area contributed by atoms with E-state index in [2.05, 4.69) is 56.1 Å². The maximum Gasteiger partial charge on any atom is 0.246 e. The fourth-order valence-corrected chi connectivity index (χ4v) is 2.58. The van der Waals surface area contributed by atoms with Crippen molar-refractivity contribution in [3.63, 3.8) is 0 Å². The van der Waals surface area contributed by atoms with Crippen molar-refractivity contribution in [2.45, 2.75) is 33.7 Å². The van der Waals surface area contributed by atoms with Crippen molar-refractivity contribution in [3.8, 4) is 0 Å². The van der Waals surface area contributed by atoms with Crippen LogP contribution in [0.15, 0.2) is 42.5 Å². The molecule has 6 nitrogen and oxygen atoms in total. The van der Waals surface area contributed by atoms with Crippen molar-refractivity contribution in [1.29, 1.82) is 0 Å². The number of hydrogen-bond acceptors (Lipinski definition) is 4. The Kier molecular flexibility index (Phi) is 11.1. The third-order valence-corrected chi connectivity index (χ3v) is 4.18. The Morgan fingerprint density at radius 1 is 1.19 bits per heavy atom. The molecule has 0 atom stereocenters. The van der Waals surface area contributed by atoms with Gasteiger partial charge in [0.25, 0.3) is 0 Å². The molecule has 0 saturated heterocycles. The van der Waals surface area contributed by atoms with Gasteiger partial charge in [-0.2, -0.15) is 0 Å². The number of benzene rings is 1. The fraction of sp³-hybridized carbons (Fsp3) is 0.526. The zero-order valence-corrected chi connectivity index (χ0v) is 17.1. The summed E-state index contributed by atoms with van der Waals surface area (Å²) in [6.45, 7) is 15.0. The topological polar surface area (TPSA) is 86.3 Å². The highest BCUT2D eigenvalue weighted by atomic mass is 32.2. The first-order valence-corrected chi connectivity index (χ1v) is 10.6. The van der Waals surface area contributed by atoms with Crippen molar-refractivity contribution in [2.75, 3.05) is 32.4 Å². The number of carbonyl (C=O) groups excluding carboxylic acids is 1. The molecule has 0 aliphatic heterocycles. The molecule has 1 N–H and O–H groups in total. The maximum absolute atomic E-state index is 11.5. The van der Waals surface area contributed by atoms with Crippen LogP contribution >= 0.6 is 0 Å². The third-order valence-electron chi connectivity index (χ3n) is 4.18. The fourth-order valence-electron chi connectivity index (χ4n) is 2.58. The van der Waals surface area contributed by atoms with Crippen molar-refractivity contribution in [3.05, 3.63) is 48.0 Å². The van der Waals surface area contributed by atoms with Crippen LogP contribution in [0.3, 0.4) is 0 Å².